The van der Waals surface area contributed by atoms with Gasteiger partial charge in [0.05, 0.1) is 0 Å². The van der Waals surface area contributed by atoms with Crippen LogP contribution >= 0.6 is 0 Å². The van der Waals surface area contributed by atoms with E-state index in [4.69, 9.17) is 5.73 Å². The minimum Gasteiger partial charge on any atom is -0.327 e. The zero-order chi connectivity index (χ0) is 12.4. The lowest BCUT2D eigenvalue weighted by Crippen LogP contribution is -2.45. The fraction of sp³-hybridized carbons (Fsp3) is 0.600. The summed E-state index contributed by atoms with van der Waals surface area (Å²) in [6.45, 7) is 9.92. The van der Waals surface area contributed by atoms with Crippen molar-refractivity contribution in [3.05, 3.63) is 34.9 Å². The van der Waals surface area contributed by atoms with Crippen molar-refractivity contribution >= 4 is 0 Å². The minimum absolute atomic E-state index is 0.351. The van der Waals surface area contributed by atoms with E-state index in [1.54, 1.807) is 0 Å². The van der Waals surface area contributed by atoms with Crippen LogP contribution < -0.4 is 5.73 Å². The highest BCUT2D eigenvalue weighted by atomic mass is 15.1. The first-order valence-electron chi connectivity index (χ1n) is 6.58. The summed E-state index contributed by atoms with van der Waals surface area (Å²) in [5.41, 5.74) is 10.3. The van der Waals surface area contributed by atoms with Gasteiger partial charge in [-0.25, -0.2) is 0 Å². The SMILES string of the molecule is Cc1ccc(CN2CC(C)CC(N)C2)c(C)c1. The van der Waals surface area contributed by atoms with Crippen LogP contribution in [0.2, 0.25) is 0 Å². The van der Waals surface area contributed by atoms with E-state index in [0.717, 1.165) is 19.0 Å². The van der Waals surface area contributed by atoms with Gasteiger partial charge in [0, 0.05) is 25.7 Å². The minimum atomic E-state index is 0.351. The zero-order valence-electron chi connectivity index (χ0n) is 11.2. The summed E-state index contributed by atoms with van der Waals surface area (Å²) >= 11 is 0. The molecular formula is C15H24N2. The van der Waals surface area contributed by atoms with E-state index >= 15 is 0 Å². The molecule has 0 radical (unpaired) electrons. The van der Waals surface area contributed by atoms with Crippen molar-refractivity contribution in [2.24, 2.45) is 11.7 Å². The van der Waals surface area contributed by atoms with Crippen LogP contribution in [0, 0.1) is 19.8 Å². The van der Waals surface area contributed by atoms with Crippen LogP contribution in [0.15, 0.2) is 18.2 Å². The first kappa shape index (κ1) is 12.6. The number of benzene rings is 1. The maximum Gasteiger partial charge on any atom is 0.0237 e. The van der Waals surface area contributed by atoms with Crippen molar-refractivity contribution in [1.82, 2.24) is 4.90 Å². The van der Waals surface area contributed by atoms with Gasteiger partial charge in [0.25, 0.3) is 0 Å². The zero-order valence-corrected chi connectivity index (χ0v) is 11.2. The van der Waals surface area contributed by atoms with Crippen molar-refractivity contribution in [2.75, 3.05) is 13.1 Å². The molecule has 2 heteroatoms. The Hall–Kier alpha value is -0.860. The molecule has 2 N–H and O–H groups in total. The van der Waals surface area contributed by atoms with E-state index < -0.39 is 0 Å². The molecule has 94 valence electrons. The molecule has 17 heavy (non-hydrogen) atoms. The largest absolute Gasteiger partial charge is 0.327 e. The highest BCUT2D eigenvalue weighted by molar-refractivity contribution is 5.30. The lowest BCUT2D eigenvalue weighted by Gasteiger charge is -2.35. The molecule has 2 unspecified atom stereocenters. The Morgan fingerprint density at radius 3 is 2.71 bits per heavy atom. The molecule has 1 heterocycles. The van der Waals surface area contributed by atoms with Gasteiger partial charge in [-0.1, -0.05) is 30.7 Å². The lowest BCUT2D eigenvalue weighted by molar-refractivity contribution is 0.158. The third-order valence-electron chi connectivity index (χ3n) is 3.66. The van der Waals surface area contributed by atoms with Gasteiger partial charge in [-0.3, -0.25) is 4.90 Å². The molecule has 1 aromatic rings. The second-order valence-electron chi connectivity index (χ2n) is 5.72. The first-order chi connectivity index (χ1) is 8.04. The normalized spacial score (nSPS) is 26.1. The Morgan fingerprint density at radius 2 is 2.06 bits per heavy atom. The second-order valence-corrected chi connectivity index (χ2v) is 5.72. The highest BCUT2D eigenvalue weighted by Gasteiger charge is 2.22. The van der Waals surface area contributed by atoms with E-state index in [1.165, 1.54) is 29.7 Å². The van der Waals surface area contributed by atoms with Crippen molar-refractivity contribution in [1.29, 1.82) is 0 Å². The second kappa shape index (κ2) is 5.19. The van der Waals surface area contributed by atoms with Crippen LogP contribution in [-0.4, -0.2) is 24.0 Å². The maximum atomic E-state index is 6.09. The third-order valence-corrected chi connectivity index (χ3v) is 3.66. The molecule has 1 aliphatic heterocycles. The summed E-state index contributed by atoms with van der Waals surface area (Å²) in [6, 6.07) is 7.08. The summed E-state index contributed by atoms with van der Waals surface area (Å²) in [4.78, 5) is 2.50. The van der Waals surface area contributed by atoms with E-state index in [-0.39, 0.29) is 0 Å². The number of likely N-dealkylation sites (tertiary alicyclic amines) is 1. The number of hydrogen-bond donors (Lipinski definition) is 1. The van der Waals surface area contributed by atoms with Gasteiger partial charge in [-0.15, -0.1) is 0 Å². The molecule has 1 fully saturated rings. The van der Waals surface area contributed by atoms with Crippen molar-refractivity contribution in [2.45, 2.75) is 39.8 Å². The molecule has 2 rings (SSSR count). The lowest BCUT2D eigenvalue weighted by atomic mass is 9.95. The summed E-state index contributed by atoms with van der Waals surface area (Å²) in [5, 5.41) is 0. The molecule has 2 nitrogen and oxygen atoms in total. The third kappa shape index (κ3) is 3.30. The van der Waals surface area contributed by atoms with Crippen LogP contribution in [0.4, 0.5) is 0 Å². The van der Waals surface area contributed by atoms with Crippen molar-refractivity contribution < 1.29 is 0 Å². The summed E-state index contributed by atoms with van der Waals surface area (Å²) in [5.74, 6) is 0.726. The fourth-order valence-electron chi connectivity index (χ4n) is 2.91. The Kier molecular flexibility index (Phi) is 3.85. The molecule has 2 atom stereocenters. The van der Waals surface area contributed by atoms with Gasteiger partial charge in [0.15, 0.2) is 0 Å². The van der Waals surface area contributed by atoms with Gasteiger partial charge in [0.2, 0.25) is 0 Å². The maximum absolute atomic E-state index is 6.09. The first-order valence-corrected chi connectivity index (χ1v) is 6.58. The fourth-order valence-corrected chi connectivity index (χ4v) is 2.91. The van der Waals surface area contributed by atoms with E-state index in [0.29, 0.717) is 6.04 Å². The van der Waals surface area contributed by atoms with Gasteiger partial charge >= 0.3 is 0 Å². The molecular weight excluding hydrogens is 208 g/mol. The monoisotopic (exact) mass is 232 g/mol. The summed E-state index contributed by atoms with van der Waals surface area (Å²) < 4.78 is 0. The van der Waals surface area contributed by atoms with E-state index in [2.05, 4.69) is 43.9 Å². The quantitative estimate of drug-likeness (QED) is 0.849. The average molecular weight is 232 g/mol. The molecule has 1 aliphatic rings. The van der Waals surface area contributed by atoms with Gasteiger partial charge < -0.3 is 5.73 Å². The molecule has 0 saturated carbocycles. The standard InChI is InChI=1S/C15H24N2/c1-11-4-5-14(13(3)6-11)9-17-8-12(2)7-15(16)10-17/h4-6,12,15H,7-10,16H2,1-3H3. The molecule has 1 aromatic carbocycles. The average Bonchev–Trinajstić information content (AvgIpc) is 2.21. The van der Waals surface area contributed by atoms with Crippen LogP contribution in [0.1, 0.15) is 30.0 Å². The topological polar surface area (TPSA) is 29.3 Å². The van der Waals surface area contributed by atoms with Gasteiger partial charge in [0.1, 0.15) is 0 Å². The highest BCUT2D eigenvalue weighted by Crippen LogP contribution is 2.19. The van der Waals surface area contributed by atoms with Crippen LogP contribution in [0.5, 0.6) is 0 Å². The number of nitrogens with zero attached hydrogens (tertiary/aromatic N) is 1. The summed E-state index contributed by atoms with van der Waals surface area (Å²) in [7, 11) is 0. The molecule has 0 spiro atoms. The number of nitrogens with two attached hydrogens (primary N) is 1. The van der Waals surface area contributed by atoms with Crippen LogP contribution in [0.25, 0.3) is 0 Å². The van der Waals surface area contributed by atoms with Crippen molar-refractivity contribution in [3.63, 3.8) is 0 Å². The van der Waals surface area contributed by atoms with Crippen LogP contribution in [-0.2, 0) is 6.54 Å². The van der Waals surface area contributed by atoms with Gasteiger partial charge in [-0.05, 0) is 37.3 Å². The Morgan fingerprint density at radius 1 is 1.29 bits per heavy atom. The number of hydrogen-bond acceptors (Lipinski definition) is 2. The van der Waals surface area contributed by atoms with Crippen molar-refractivity contribution in [3.8, 4) is 0 Å². The molecule has 0 amide bonds. The summed E-state index contributed by atoms with van der Waals surface area (Å²) in [6.07, 6.45) is 1.17. The Bertz CT molecular complexity index is 377. The molecule has 0 bridgehead atoms. The van der Waals surface area contributed by atoms with Gasteiger partial charge in [-0.2, -0.15) is 0 Å². The van der Waals surface area contributed by atoms with E-state index in [9.17, 15) is 0 Å². The molecule has 0 aromatic heterocycles. The number of piperidine rings is 1. The molecule has 1 saturated heterocycles. The Balaban J connectivity index is 2.04. The predicted octanol–water partition coefficient (Wildman–Crippen LogP) is 2.47. The van der Waals surface area contributed by atoms with Crippen LogP contribution in [0.3, 0.4) is 0 Å². The number of rotatable bonds is 2. The number of aryl methyl sites for hydroxylation is 2. The smallest absolute Gasteiger partial charge is 0.0237 e. The van der Waals surface area contributed by atoms with E-state index in [1.807, 2.05) is 0 Å². The molecule has 0 aliphatic carbocycles. The predicted molar refractivity (Wildman–Crippen MR) is 72.9 cm³/mol. The Labute approximate surface area is 105 Å².